The molecule has 10 nitrogen and oxygen atoms in total. The minimum absolute atomic E-state index is 0.0444. The lowest BCUT2D eigenvalue weighted by atomic mass is 9.98. The lowest BCUT2D eigenvalue weighted by Crippen LogP contribution is -2.44. The molecule has 3 N–H and O–H groups in total. The van der Waals surface area contributed by atoms with Gasteiger partial charge in [0.15, 0.2) is 11.8 Å². The molecule has 1 saturated heterocycles. The van der Waals surface area contributed by atoms with Crippen LogP contribution in [-0.4, -0.2) is 58.2 Å². The van der Waals surface area contributed by atoms with Crippen LogP contribution in [0.15, 0.2) is 54.7 Å². The van der Waals surface area contributed by atoms with Crippen molar-refractivity contribution in [3.8, 4) is 11.1 Å². The molecule has 2 aromatic carbocycles. The van der Waals surface area contributed by atoms with E-state index in [1.54, 1.807) is 7.05 Å². The number of carbonyl (C=O) groups is 3. The van der Waals surface area contributed by atoms with E-state index in [9.17, 15) is 19.5 Å². The fourth-order valence-corrected chi connectivity index (χ4v) is 4.71. The SMILES string of the molecule is Cn1cc(NC(=O)OCC2c3ccccc3-c3ccccc32)c(C(=O)N[C@@H]2CCO[C@@H]2C(=O)O)n1. The van der Waals surface area contributed by atoms with Crippen LogP contribution in [0.25, 0.3) is 11.1 Å². The molecule has 2 heterocycles. The maximum atomic E-state index is 12.8. The lowest BCUT2D eigenvalue weighted by molar-refractivity contribution is -0.148. The predicted octanol–water partition coefficient (Wildman–Crippen LogP) is 2.75. The van der Waals surface area contributed by atoms with Crippen molar-refractivity contribution in [2.45, 2.75) is 24.5 Å². The highest BCUT2D eigenvalue weighted by Gasteiger charge is 2.36. The highest BCUT2D eigenvalue weighted by molar-refractivity contribution is 6.01. The zero-order valence-corrected chi connectivity index (χ0v) is 18.9. The van der Waals surface area contributed by atoms with Crippen LogP contribution in [0.4, 0.5) is 10.5 Å². The van der Waals surface area contributed by atoms with Gasteiger partial charge >= 0.3 is 12.1 Å². The molecule has 2 aliphatic rings. The highest BCUT2D eigenvalue weighted by Crippen LogP contribution is 2.44. The van der Waals surface area contributed by atoms with Crippen LogP contribution in [0.3, 0.4) is 0 Å². The number of aromatic nitrogens is 2. The Balaban J connectivity index is 1.26. The number of hydrogen-bond donors (Lipinski definition) is 3. The summed E-state index contributed by atoms with van der Waals surface area (Å²) in [5, 5.41) is 18.6. The first-order valence-electron chi connectivity index (χ1n) is 11.2. The van der Waals surface area contributed by atoms with Crippen LogP contribution in [0, 0.1) is 0 Å². The molecule has 0 bridgehead atoms. The van der Waals surface area contributed by atoms with Crippen molar-refractivity contribution in [2.75, 3.05) is 18.5 Å². The molecule has 180 valence electrons. The van der Waals surface area contributed by atoms with Gasteiger partial charge in [-0.15, -0.1) is 0 Å². The summed E-state index contributed by atoms with van der Waals surface area (Å²) in [7, 11) is 1.61. The van der Waals surface area contributed by atoms with Crippen molar-refractivity contribution in [1.29, 1.82) is 0 Å². The summed E-state index contributed by atoms with van der Waals surface area (Å²) in [5.74, 6) is -1.85. The minimum Gasteiger partial charge on any atom is -0.479 e. The van der Waals surface area contributed by atoms with E-state index < -0.39 is 30.1 Å². The van der Waals surface area contributed by atoms with Gasteiger partial charge in [-0.05, 0) is 28.7 Å². The predicted molar refractivity (Wildman–Crippen MR) is 125 cm³/mol. The zero-order valence-electron chi connectivity index (χ0n) is 18.9. The van der Waals surface area contributed by atoms with Crippen molar-refractivity contribution < 1.29 is 29.0 Å². The summed E-state index contributed by atoms with van der Waals surface area (Å²) in [6.07, 6.45) is 0.00337. The summed E-state index contributed by atoms with van der Waals surface area (Å²) in [6, 6.07) is 15.4. The number of fused-ring (bicyclic) bond motifs is 3. The summed E-state index contributed by atoms with van der Waals surface area (Å²) < 4.78 is 12.1. The van der Waals surface area contributed by atoms with E-state index in [2.05, 4.69) is 27.9 Å². The third-order valence-electron chi connectivity index (χ3n) is 6.28. The number of nitrogens with zero attached hydrogens (tertiary/aromatic N) is 2. The molecule has 1 aliphatic heterocycles. The number of carboxylic acids is 1. The Morgan fingerprint density at radius 1 is 1.11 bits per heavy atom. The van der Waals surface area contributed by atoms with Gasteiger partial charge in [0.25, 0.3) is 5.91 Å². The minimum atomic E-state index is -1.15. The monoisotopic (exact) mass is 476 g/mol. The molecule has 0 radical (unpaired) electrons. The fourth-order valence-electron chi connectivity index (χ4n) is 4.71. The van der Waals surface area contributed by atoms with Gasteiger partial charge in [-0.25, -0.2) is 9.59 Å². The average Bonchev–Trinajstić information content (AvgIpc) is 3.53. The van der Waals surface area contributed by atoms with Crippen molar-refractivity contribution >= 4 is 23.7 Å². The van der Waals surface area contributed by atoms with Crippen molar-refractivity contribution in [3.05, 3.63) is 71.5 Å². The molecule has 35 heavy (non-hydrogen) atoms. The second-order valence-electron chi connectivity index (χ2n) is 8.51. The molecule has 2 atom stereocenters. The normalized spacial score (nSPS) is 18.5. The molecule has 0 unspecified atom stereocenters. The summed E-state index contributed by atoms with van der Waals surface area (Å²) in [4.78, 5) is 36.8. The molecular formula is C25H24N4O6. The van der Waals surface area contributed by atoms with E-state index in [0.717, 1.165) is 22.3 Å². The van der Waals surface area contributed by atoms with Crippen LogP contribution in [-0.2, 0) is 21.3 Å². The first-order valence-corrected chi connectivity index (χ1v) is 11.2. The van der Waals surface area contributed by atoms with Crippen LogP contribution in [0.2, 0.25) is 0 Å². The number of carboxylic acid groups (broad SMARTS) is 1. The Bertz CT molecular complexity index is 1260. The van der Waals surface area contributed by atoms with E-state index in [1.807, 2.05) is 36.4 Å². The summed E-state index contributed by atoms with van der Waals surface area (Å²) in [6.45, 7) is 0.357. The number of aryl methyl sites for hydroxylation is 1. The molecule has 0 saturated carbocycles. The molecule has 0 spiro atoms. The number of carbonyl (C=O) groups excluding carboxylic acids is 2. The van der Waals surface area contributed by atoms with Gasteiger partial charge in [-0.1, -0.05) is 48.5 Å². The quantitative estimate of drug-likeness (QED) is 0.498. The molecular weight excluding hydrogens is 452 g/mol. The average molecular weight is 476 g/mol. The first kappa shape index (κ1) is 22.6. The second-order valence-corrected chi connectivity index (χ2v) is 8.51. The Morgan fingerprint density at radius 2 is 1.77 bits per heavy atom. The molecule has 1 fully saturated rings. The second kappa shape index (κ2) is 9.22. The number of nitrogens with one attached hydrogen (secondary N) is 2. The number of rotatable bonds is 6. The first-order chi connectivity index (χ1) is 16.9. The van der Waals surface area contributed by atoms with Crippen LogP contribution >= 0.6 is 0 Å². The van der Waals surface area contributed by atoms with Gasteiger partial charge in [0.2, 0.25) is 0 Å². The van der Waals surface area contributed by atoms with Gasteiger partial charge in [0.1, 0.15) is 6.61 Å². The van der Waals surface area contributed by atoms with Gasteiger partial charge < -0.3 is 19.9 Å². The third-order valence-corrected chi connectivity index (χ3v) is 6.28. The molecule has 1 aliphatic carbocycles. The summed E-state index contributed by atoms with van der Waals surface area (Å²) >= 11 is 0. The van der Waals surface area contributed by atoms with E-state index in [0.29, 0.717) is 6.42 Å². The van der Waals surface area contributed by atoms with Gasteiger partial charge in [0.05, 0.1) is 11.7 Å². The van der Waals surface area contributed by atoms with Gasteiger partial charge in [-0.2, -0.15) is 5.10 Å². The topological polar surface area (TPSA) is 132 Å². The number of hydrogen-bond acceptors (Lipinski definition) is 6. The Kier molecular flexibility index (Phi) is 5.96. The molecule has 10 heteroatoms. The number of anilines is 1. The van der Waals surface area contributed by atoms with E-state index in [-0.39, 0.29) is 30.5 Å². The van der Waals surface area contributed by atoms with Crippen LogP contribution < -0.4 is 10.6 Å². The van der Waals surface area contributed by atoms with Crippen molar-refractivity contribution in [2.24, 2.45) is 7.05 Å². The molecule has 5 rings (SSSR count). The maximum Gasteiger partial charge on any atom is 0.411 e. The number of aliphatic carboxylic acids is 1. The number of amides is 2. The lowest BCUT2D eigenvalue weighted by Gasteiger charge is -2.16. The number of ether oxygens (including phenoxy) is 2. The van der Waals surface area contributed by atoms with E-state index in [4.69, 9.17) is 9.47 Å². The third kappa shape index (κ3) is 4.35. The van der Waals surface area contributed by atoms with E-state index in [1.165, 1.54) is 10.9 Å². The summed E-state index contributed by atoms with van der Waals surface area (Å²) in [5.41, 5.74) is 4.55. The Labute approximate surface area is 200 Å². The Hall–Kier alpha value is -4.18. The smallest absolute Gasteiger partial charge is 0.411 e. The molecule has 1 aromatic heterocycles. The van der Waals surface area contributed by atoms with Gasteiger partial charge in [0, 0.05) is 25.8 Å². The van der Waals surface area contributed by atoms with Crippen molar-refractivity contribution in [3.63, 3.8) is 0 Å². The zero-order chi connectivity index (χ0) is 24.5. The van der Waals surface area contributed by atoms with E-state index >= 15 is 0 Å². The molecule has 3 aromatic rings. The molecule has 2 amide bonds. The van der Waals surface area contributed by atoms with Crippen LogP contribution in [0.1, 0.15) is 34.0 Å². The largest absolute Gasteiger partial charge is 0.479 e. The Morgan fingerprint density at radius 3 is 2.43 bits per heavy atom. The highest BCUT2D eigenvalue weighted by atomic mass is 16.5. The fraction of sp³-hybridized carbons (Fsp3) is 0.280. The maximum absolute atomic E-state index is 12.8. The van der Waals surface area contributed by atoms with Crippen LogP contribution in [0.5, 0.6) is 0 Å². The van der Waals surface area contributed by atoms with Gasteiger partial charge in [-0.3, -0.25) is 14.8 Å². The standard InChI is InChI=1S/C25H24N4O6/c1-29-12-20(21(28-29)23(30)26-19-10-11-34-22(19)24(31)32)27-25(33)35-13-18-16-8-4-2-6-14(16)15-7-3-5-9-17(15)18/h2-9,12,18-19,22H,10-11,13H2,1H3,(H,26,30)(H,27,33)(H,31,32)/t19-,22+/m1/s1. The number of benzene rings is 2. The van der Waals surface area contributed by atoms with Crippen molar-refractivity contribution in [1.82, 2.24) is 15.1 Å².